The Bertz CT molecular complexity index is 694. The monoisotopic (exact) mass is 381 g/mol. The van der Waals surface area contributed by atoms with E-state index in [2.05, 4.69) is 10.6 Å². The number of nitrogens with one attached hydrogen (secondary N) is 2. The van der Waals surface area contributed by atoms with Crippen molar-refractivity contribution < 1.29 is 24.6 Å². The van der Waals surface area contributed by atoms with E-state index in [1.54, 1.807) is 6.92 Å². The molecular formula is C17H23N3O5S. The number of carbonyl (C=O) groups is 3. The molecule has 0 bridgehead atoms. The van der Waals surface area contributed by atoms with Gasteiger partial charge in [0.1, 0.15) is 5.70 Å². The van der Waals surface area contributed by atoms with Crippen molar-refractivity contribution in [1.29, 1.82) is 0 Å². The summed E-state index contributed by atoms with van der Waals surface area (Å²) in [4.78, 5) is 37.9. The lowest BCUT2D eigenvalue weighted by molar-refractivity contribution is -0.161. The van der Waals surface area contributed by atoms with Crippen LogP contribution in [0.1, 0.15) is 26.2 Å². The molecule has 0 aliphatic carbocycles. The zero-order chi connectivity index (χ0) is 18.6. The molecule has 26 heavy (non-hydrogen) atoms. The molecule has 0 aromatic heterocycles. The van der Waals surface area contributed by atoms with Gasteiger partial charge in [0.15, 0.2) is 0 Å². The predicted octanol–water partition coefficient (Wildman–Crippen LogP) is -0.506. The van der Waals surface area contributed by atoms with Crippen molar-refractivity contribution in [2.45, 2.75) is 49.6 Å². The van der Waals surface area contributed by atoms with E-state index in [1.807, 2.05) is 0 Å². The van der Waals surface area contributed by atoms with Crippen molar-refractivity contribution in [3.8, 4) is 0 Å². The minimum absolute atomic E-state index is 0.0155. The molecule has 0 radical (unpaired) electrons. The molecule has 4 aliphatic rings. The third kappa shape index (κ3) is 2.73. The maximum Gasteiger partial charge on any atom is 0.353 e. The third-order valence-corrected chi connectivity index (χ3v) is 7.24. The Morgan fingerprint density at radius 3 is 2.77 bits per heavy atom. The summed E-state index contributed by atoms with van der Waals surface area (Å²) in [5, 5.41) is 25.8. The van der Waals surface area contributed by atoms with Crippen LogP contribution >= 0.6 is 11.8 Å². The normalized spacial score (nSPS) is 37.6. The highest BCUT2D eigenvalue weighted by atomic mass is 32.2. The SMILES string of the molecule is C[C@@H](O)[C@H]1C(=O)N2C(C(=O)O)=C(S[C@@H]3CN[C@H](C4CCNC4=O)C3)C[C@H]12. The fourth-order valence-corrected chi connectivity index (χ4v) is 6.11. The van der Waals surface area contributed by atoms with Gasteiger partial charge in [0.25, 0.3) is 0 Å². The number of amides is 2. The number of thioether (sulfide) groups is 1. The molecule has 6 atom stereocenters. The van der Waals surface area contributed by atoms with E-state index >= 15 is 0 Å². The summed E-state index contributed by atoms with van der Waals surface area (Å²) in [6.07, 6.45) is 1.34. The fraction of sp³-hybridized carbons (Fsp3) is 0.706. The average Bonchev–Trinajstić information content (AvgIpc) is 3.25. The minimum atomic E-state index is -1.09. The van der Waals surface area contributed by atoms with Gasteiger partial charge in [-0.1, -0.05) is 0 Å². The number of aliphatic carboxylic acids is 1. The highest BCUT2D eigenvalue weighted by molar-refractivity contribution is 8.03. The molecule has 4 rings (SSSR count). The summed E-state index contributed by atoms with van der Waals surface area (Å²) in [6.45, 7) is 3.00. The second kappa shape index (κ2) is 6.54. The first kappa shape index (κ1) is 17.8. The number of aliphatic hydroxyl groups excluding tert-OH is 1. The van der Waals surface area contributed by atoms with Crippen LogP contribution in [0.4, 0.5) is 0 Å². The number of fused-ring (bicyclic) bond motifs is 1. The summed E-state index contributed by atoms with van der Waals surface area (Å²) in [5.41, 5.74) is 0.0731. The molecule has 8 nitrogen and oxygen atoms in total. The largest absolute Gasteiger partial charge is 0.477 e. The van der Waals surface area contributed by atoms with Crippen molar-refractivity contribution in [2.24, 2.45) is 11.8 Å². The number of rotatable bonds is 5. The second-order valence-electron chi connectivity index (χ2n) is 7.50. The lowest BCUT2D eigenvalue weighted by atomic mass is 9.83. The predicted molar refractivity (Wildman–Crippen MR) is 94.0 cm³/mol. The molecule has 142 valence electrons. The van der Waals surface area contributed by atoms with Crippen LogP contribution in [-0.2, 0) is 14.4 Å². The standard InChI is InChI=1S/C17H23N3O5S/c1-7(21)13-11-5-12(14(17(24)25)20(11)16(13)23)26-8-4-10(19-6-8)9-2-3-18-15(9)22/h7-11,13,19,21H,2-6H2,1H3,(H,18,22)(H,24,25)/t7-,8+,9?,10+,11-,13-/m1/s1. The van der Waals surface area contributed by atoms with Crippen LogP contribution in [0.15, 0.2) is 10.6 Å². The van der Waals surface area contributed by atoms with Gasteiger partial charge >= 0.3 is 5.97 Å². The van der Waals surface area contributed by atoms with Gasteiger partial charge in [0, 0.05) is 35.7 Å². The molecule has 4 heterocycles. The molecule has 2 amide bonds. The van der Waals surface area contributed by atoms with E-state index in [-0.39, 0.29) is 40.8 Å². The zero-order valence-corrected chi connectivity index (χ0v) is 15.3. The number of hydrogen-bond acceptors (Lipinski definition) is 6. The smallest absolute Gasteiger partial charge is 0.353 e. The average molecular weight is 381 g/mol. The summed E-state index contributed by atoms with van der Waals surface area (Å²) in [7, 11) is 0. The van der Waals surface area contributed by atoms with Crippen molar-refractivity contribution in [1.82, 2.24) is 15.5 Å². The first-order valence-electron chi connectivity index (χ1n) is 9.03. The maximum absolute atomic E-state index is 12.2. The van der Waals surface area contributed by atoms with E-state index in [0.717, 1.165) is 12.8 Å². The number of hydrogen-bond donors (Lipinski definition) is 4. The van der Waals surface area contributed by atoms with Crippen LogP contribution in [-0.4, -0.2) is 69.4 Å². The van der Waals surface area contributed by atoms with Gasteiger partial charge in [-0.25, -0.2) is 4.79 Å². The topological polar surface area (TPSA) is 119 Å². The molecule has 0 saturated carbocycles. The Morgan fingerprint density at radius 2 is 2.15 bits per heavy atom. The number of aliphatic hydroxyl groups is 1. The highest BCUT2D eigenvalue weighted by Crippen LogP contribution is 2.48. The number of nitrogens with zero attached hydrogens (tertiary/aromatic N) is 1. The van der Waals surface area contributed by atoms with Crippen molar-refractivity contribution >= 4 is 29.5 Å². The van der Waals surface area contributed by atoms with Crippen LogP contribution in [0.3, 0.4) is 0 Å². The fourth-order valence-electron chi connectivity index (χ4n) is 4.66. The van der Waals surface area contributed by atoms with Crippen molar-refractivity contribution in [2.75, 3.05) is 13.1 Å². The van der Waals surface area contributed by atoms with Gasteiger partial charge in [-0.3, -0.25) is 9.59 Å². The number of carbonyl (C=O) groups excluding carboxylic acids is 2. The van der Waals surface area contributed by atoms with Gasteiger partial charge < -0.3 is 25.7 Å². The lowest BCUT2D eigenvalue weighted by Crippen LogP contribution is -2.61. The van der Waals surface area contributed by atoms with Crippen LogP contribution in [0.5, 0.6) is 0 Å². The van der Waals surface area contributed by atoms with E-state index in [1.165, 1.54) is 16.7 Å². The van der Waals surface area contributed by atoms with Gasteiger partial charge in [-0.15, -0.1) is 11.8 Å². The Labute approximate surface area is 155 Å². The summed E-state index contributed by atoms with van der Waals surface area (Å²) >= 11 is 1.51. The molecule has 4 N–H and O–H groups in total. The third-order valence-electron chi connectivity index (χ3n) is 5.90. The summed E-state index contributed by atoms with van der Waals surface area (Å²) in [5.74, 6) is -1.83. The van der Waals surface area contributed by atoms with E-state index in [4.69, 9.17) is 0 Å². The maximum atomic E-state index is 12.2. The molecule has 3 saturated heterocycles. The second-order valence-corrected chi connectivity index (χ2v) is 8.89. The van der Waals surface area contributed by atoms with Crippen molar-refractivity contribution in [3.05, 3.63) is 10.6 Å². The van der Waals surface area contributed by atoms with Crippen LogP contribution in [0.2, 0.25) is 0 Å². The first-order valence-corrected chi connectivity index (χ1v) is 9.91. The van der Waals surface area contributed by atoms with E-state index in [0.29, 0.717) is 24.4 Å². The first-order chi connectivity index (χ1) is 12.4. The van der Waals surface area contributed by atoms with E-state index in [9.17, 15) is 24.6 Å². The minimum Gasteiger partial charge on any atom is -0.477 e. The summed E-state index contributed by atoms with van der Waals surface area (Å²) < 4.78 is 0. The molecule has 9 heteroatoms. The van der Waals surface area contributed by atoms with Crippen LogP contribution < -0.4 is 10.6 Å². The van der Waals surface area contributed by atoms with Crippen LogP contribution in [0.25, 0.3) is 0 Å². The number of carboxylic acid groups (broad SMARTS) is 1. The molecule has 0 spiro atoms. The van der Waals surface area contributed by atoms with Crippen LogP contribution in [0, 0.1) is 11.8 Å². The highest BCUT2D eigenvalue weighted by Gasteiger charge is 2.57. The van der Waals surface area contributed by atoms with Gasteiger partial charge in [0.2, 0.25) is 11.8 Å². The number of carboxylic acids is 1. The molecule has 0 aromatic carbocycles. The number of β-lactam (4-membered cyclic amide) rings is 1. The zero-order valence-electron chi connectivity index (χ0n) is 14.5. The van der Waals surface area contributed by atoms with Crippen molar-refractivity contribution in [3.63, 3.8) is 0 Å². The Kier molecular flexibility index (Phi) is 4.48. The molecule has 3 fully saturated rings. The molecule has 0 aromatic rings. The van der Waals surface area contributed by atoms with E-state index < -0.39 is 18.0 Å². The van der Waals surface area contributed by atoms with Gasteiger partial charge in [-0.2, -0.15) is 0 Å². The van der Waals surface area contributed by atoms with Gasteiger partial charge in [-0.05, 0) is 19.8 Å². The molecular weight excluding hydrogens is 358 g/mol. The Balaban J connectivity index is 1.45. The molecule has 4 aliphatic heterocycles. The summed E-state index contributed by atoms with van der Waals surface area (Å²) in [6, 6.07) is -0.129. The Hall–Kier alpha value is -1.58. The van der Waals surface area contributed by atoms with Gasteiger partial charge in [0.05, 0.1) is 24.0 Å². The molecule has 1 unspecified atom stereocenters. The lowest BCUT2D eigenvalue weighted by Gasteiger charge is -2.44. The quantitative estimate of drug-likeness (QED) is 0.474. The Morgan fingerprint density at radius 1 is 1.38 bits per heavy atom.